The maximum absolute atomic E-state index is 13.4. The average Bonchev–Trinajstić information content (AvgIpc) is 2.49. The molecule has 0 bridgehead atoms. The van der Waals surface area contributed by atoms with Gasteiger partial charge >= 0.3 is 0 Å². The van der Waals surface area contributed by atoms with Crippen LogP contribution < -0.4 is 14.8 Å². The number of ether oxygens (including phenoxy) is 2. The zero-order chi connectivity index (χ0) is 15.1. The second kappa shape index (κ2) is 8.00. The first kappa shape index (κ1) is 15.8. The van der Waals surface area contributed by atoms with Crippen molar-refractivity contribution in [2.24, 2.45) is 0 Å². The largest absolute Gasteiger partial charge is 0.490 e. The summed E-state index contributed by atoms with van der Waals surface area (Å²) in [6, 6.07) is 12.4. The Morgan fingerprint density at radius 3 is 2.48 bits per heavy atom. The Hall–Kier alpha value is -1.59. The molecule has 1 N–H and O–H groups in total. The summed E-state index contributed by atoms with van der Waals surface area (Å²) < 4.78 is 25.1. The van der Waals surface area contributed by atoms with Crippen LogP contribution in [0.1, 0.15) is 5.56 Å². The van der Waals surface area contributed by atoms with E-state index in [1.54, 1.807) is 12.1 Å². The number of hydrogen-bond donors (Lipinski definition) is 1. The van der Waals surface area contributed by atoms with Crippen LogP contribution in [0.2, 0.25) is 0 Å². The van der Waals surface area contributed by atoms with Gasteiger partial charge in [0.25, 0.3) is 0 Å². The predicted octanol–water partition coefficient (Wildman–Crippen LogP) is 3.77. The summed E-state index contributed by atoms with van der Waals surface area (Å²) in [5, 5.41) is 3.08. The summed E-state index contributed by atoms with van der Waals surface area (Å²) in [7, 11) is 1.91. The highest BCUT2D eigenvalue weighted by Crippen LogP contribution is 2.22. The van der Waals surface area contributed by atoms with E-state index in [0.29, 0.717) is 6.61 Å². The molecule has 0 spiro atoms. The Labute approximate surface area is 132 Å². The molecule has 3 nitrogen and oxygen atoms in total. The molecule has 2 rings (SSSR count). The fourth-order valence-corrected chi connectivity index (χ4v) is 2.15. The van der Waals surface area contributed by atoms with Crippen LogP contribution in [0.5, 0.6) is 11.5 Å². The Morgan fingerprint density at radius 2 is 1.76 bits per heavy atom. The van der Waals surface area contributed by atoms with Gasteiger partial charge in [-0.25, -0.2) is 4.39 Å². The molecule has 0 fully saturated rings. The number of benzene rings is 2. The minimum absolute atomic E-state index is 0.220. The lowest BCUT2D eigenvalue weighted by Crippen LogP contribution is -2.10. The lowest BCUT2D eigenvalue weighted by atomic mass is 10.2. The molecule has 0 aliphatic rings. The third-order valence-corrected chi connectivity index (χ3v) is 3.30. The molecule has 0 heterocycles. The summed E-state index contributed by atoms with van der Waals surface area (Å²) in [4.78, 5) is 0. The quantitative estimate of drug-likeness (QED) is 0.768. The molecule has 0 saturated carbocycles. The van der Waals surface area contributed by atoms with Crippen LogP contribution in [0.4, 0.5) is 4.39 Å². The maximum Gasteiger partial charge on any atom is 0.165 e. The van der Waals surface area contributed by atoms with E-state index in [9.17, 15) is 4.39 Å². The van der Waals surface area contributed by atoms with Gasteiger partial charge in [0, 0.05) is 11.0 Å². The first-order valence-electron chi connectivity index (χ1n) is 6.63. The molecule has 0 saturated heterocycles. The molecule has 0 aromatic heterocycles. The summed E-state index contributed by atoms with van der Waals surface area (Å²) in [6.45, 7) is 1.47. The van der Waals surface area contributed by atoms with Crippen molar-refractivity contribution < 1.29 is 13.9 Å². The molecule has 112 valence electrons. The van der Waals surface area contributed by atoms with E-state index < -0.39 is 0 Å². The number of halogens is 2. The smallest absolute Gasteiger partial charge is 0.165 e. The van der Waals surface area contributed by atoms with Gasteiger partial charge in [0.15, 0.2) is 11.6 Å². The lowest BCUT2D eigenvalue weighted by Gasteiger charge is -2.10. The van der Waals surface area contributed by atoms with Gasteiger partial charge in [-0.2, -0.15) is 0 Å². The zero-order valence-corrected chi connectivity index (χ0v) is 13.3. The van der Waals surface area contributed by atoms with Crippen molar-refractivity contribution >= 4 is 15.9 Å². The van der Waals surface area contributed by atoms with E-state index in [-0.39, 0.29) is 18.2 Å². The highest BCUT2D eigenvalue weighted by molar-refractivity contribution is 9.10. The van der Waals surface area contributed by atoms with Crippen molar-refractivity contribution in [2.45, 2.75) is 6.54 Å². The van der Waals surface area contributed by atoms with Gasteiger partial charge in [0.05, 0.1) is 0 Å². The minimum Gasteiger partial charge on any atom is -0.490 e. The van der Waals surface area contributed by atoms with Crippen molar-refractivity contribution in [1.82, 2.24) is 5.32 Å². The summed E-state index contributed by atoms with van der Waals surface area (Å²) in [5.74, 6) is 0.611. The normalized spacial score (nSPS) is 10.4. The second-order valence-electron chi connectivity index (χ2n) is 4.45. The van der Waals surface area contributed by atoms with Crippen molar-refractivity contribution in [2.75, 3.05) is 20.3 Å². The first-order valence-corrected chi connectivity index (χ1v) is 7.42. The van der Waals surface area contributed by atoms with Gasteiger partial charge in [-0.15, -0.1) is 0 Å². The minimum atomic E-state index is -0.380. The van der Waals surface area contributed by atoms with Crippen LogP contribution in [0.15, 0.2) is 46.9 Å². The van der Waals surface area contributed by atoms with Crippen LogP contribution >= 0.6 is 15.9 Å². The van der Waals surface area contributed by atoms with E-state index in [1.165, 1.54) is 11.6 Å². The highest BCUT2D eigenvalue weighted by atomic mass is 79.9. The Morgan fingerprint density at radius 1 is 1.05 bits per heavy atom. The topological polar surface area (TPSA) is 30.5 Å². The number of nitrogens with one attached hydrogen (secondary N) is 1. The van der Waals surface area contributed by atoms with Crippen molar-refractivity contribution in [3.63, 3.8) is 0 Å². The molecule has 21 heavy (non-hydrogen) atoms. The molecule has 0 aliphatic heterocycles. The maximum atomic E-state index is 13.4. The van der Waals surface area contributed by atoms with Crippen LogP contribution in [0.25, 0.3) is 0 Å². The van der Waals surface area contributed by atoms with E-state index in [2.05, 4.69) is 21.2 Å². The fraction of sp³-hybridized carbons (Fsp3) is 0.250. The van der Waals surface area contributed by atoms with Gasteiger partial charge in [0.1, 0.15) is 19.0 Å². The molecule has 0 atom stereocenters. The number of rotatable bonds is 7. The average molecular weight is 354 g/mol. The van der Waals surface area contributed by atoms with Gasteiger partial charge in [-0.3, -0.25) is 0 Å². The number of hydrogen-bond acceptors (Lipinski definition) is 3. The molecular weight excluding hydrogens is 337 g/mol. The van der Waals surface area contributed by atoms with E-state index in [4.69, 9.17) is 9.47 Å². The molecule has 0 amide bonds. The van der Waals surface area contributed by atoms with Crippen LogP contribution in [-0.2, 0) is 6.54 Å². The first-order chi connectivity index (χ1) is 10.2. The summed E-state index contributed by atoms with van der Waals surface area (Å²) in [5.41, 5.74) is 1.19. The molecular formula is C16H17BrFNO2. The van der Waals surface area contributed by atoms with Crippen LogP contribution in [0, 0.1) is 5.82 Å². The van der Waals surface area contributed by atoms with E-state index >= 15 is 0 Å². The van der Waals surface area contributed by atoms with Gasteiger partial charge in [-0.1, -0.05) is 28.1 Å². The summed E-state index contributed by atoms with van der Waals surface area (Å²) >= 11 is 3.28. The standard InChI is InChI=1S/C16H17BrFNO2/c1-19-11-12-2-5-14(6-3-12)20-8-9-21-16-10-13(17)4-7-15(16)18/h2-7,10,19H,8-9,11H2,1H3. The monoisotopic (exact) mass is 353 g/mol. The van der Waals surface area contributed by atoms with Crippen LogP contribution in [-0.4, -0.2) is 20.3 Å². The Balaban J connectivity index is 1.77. The molecule has 0 aliphatic carbocycles. The van der Waals surface area contributed by atoms with Crippen molar-refractivity contribution in [1.29, 1.82) is 0 Å². The lowest BCUT2D eigenvalue weighted by molar-refractivity contribution is 0.211. The highest BCUT2D eigenvalue weighted by Gasteiger charge is 2.04. The fourth-order valence-electron chi connectivity index (χ4n) is 1.81. The third-order valence-electron chi connectivity index (χ3n) is 2.81. The molecule has 0 unspecified atom stereocenters. The zero-order valence-electron chi connectivity index (χ0n) is 11.7. The SMILES string of the molecule is CNCc1ccc(OCCOc2cc(Br)ccc2F)cc1. The van der Waals surface area contributed by atoms with Crippen molar-refractivity contribution in [3.8, 4) is 11.5 Å². The van der Waals surface area contributed by atoms with E-state index in [0.717, 1.165) is 16.8 Å². The molecule has 2 aromatic carbocycles. The summed E-state index contributed by atoms with van der Waals surface area (Å²) in [6.07, 6.45) is 0. The van der Waals surface area contributed by atoms with Crippen molar-refractivity contribution in [3.05, 3.63) is 58.3 Å². The Bertz CT molecular complexity index is 575. The van der Waals surface area contributed by atoms with Gasteiger partial charge in [0.2, 0.25) is 0 Å². The van der Waals surface area contributed by atoms with Crippen LogP contribution in [0.3, 0.4) is 0 Å². The van der Waals surface area contributed by atoms with E-state index in [1.807, 2.05) is 31.3 Å². The molecule has 2 aromatic rings. The predicted molar refractivity (Wildman–Crippen MR) is 84.3 cm³/mol. The molecule has 0 radical (unpaired) electrons. The third kappa shape index (κ3) is 5.02. The molecule has 5 heteroatoms. The van der Waals surface area contributed by atoms with Gasteiger partial charge in [-0.05, 0) is 42.9 Å². The van der Waals surface area contributed by atoms with Gasteiger partial charge < -0.3 is 14.8 Å². The second-order valence-corrected chi connectivity index (χ2v) is 5.36. The Kier molecular flexibility index (Phi) is 6.02.